The summed E-state index contributed by atoms with van der Waals surface area (Å²) in [5.74, 6) is -0.353. The molecule has 2 aliphatic rings. The molecule has 1 aromatic carbocycles. The van der Waals surface area contributed by atoms with Crippen molar-refractivity contribution < 1.29 is 14.7 Å². The zero-order valence-corrected chi connectivity index (χ0v) is 16.2. The number of amides is 1. The Hall–Kier alpha value is -2.39. The third-order valence-corrected chi connectivity index (χ3v) is 6.32. The molecule has 2 fully saturated rings. The molecule has 1 saturated heterocycles. The number of nitrogens with one attached hydrogen (secondary N) is 2. The van der Waals surface area contributed by atoms with Gasteiger partial charge in [-0.2, -0.15) is 5.26 Å². The summed E-state index contributed by atoms with van der Waals surface area (Å²) in [6.45, 7) is 1.68. The number of nitriles is 1. The minimum atomic E-state index is -0.735. The lowest BCUT2D eigenvalue weighted by Crippen LogP contribution is -2.39. The van der Waals surface area contributed by atoms with Gasteiger partial charge >= 0.3 is 5.97 Å². The normalized spacial score (nSPS) is 24.1. The Morgan fingerprint density at radius 1 is 1.14 bits per heavy atom. The van der Waals surface area contributed by atoms with Gasteiger partial charge in [-0.05, 0) is 81.6 Å². The predicted octanol–water partition coefficient (Wildman–Crippen LogP) is 2.98. The number of carboxylic acids is 1. The van der Waals surface area contributed by atoms with E-state index < -0.39 is 11.4 Å². The van der Waals surface area contributed by atoms with Crippen molar-refractivity contribution in [1.29, 1.82) is 5.26 Å². The number of hydrogen-bond acceptors (Lipinski definition) is 4. The van der Waals surface area contributed by atoms with E-state index in [0.717, 1.165) is 63.6 Å². The Kier molecular flexibility index (Phi) is 6.69. The molecule has 0 unspecified atom stereocenters. The van der Waals surface area contributed by atoms with Crippen LogP contribution in [0, 0.1) is 17.2 Å². The van der Waals surface area contributed by atoms with Crippen molar-refractivity contribution in [2.75, 3.05) is 13.1 Å². The first kappa shape index (κ1) is 20.3. The number of nitrogens with zero attached hydrogens (tertiary/aromatic N) is 1. The van der Waals surface area contributed by atoms with E-state index in [2.05, 4.69) is 16.7 Å². The van der Waals surface area contributed by atoms with Crippen molar-refractivity contribution in [2.24, 2.45) is 5.92 Å². The number of aliphatic carboxylic acids is 1. The van der Waals surface area contributed by atoms with Crippen LogP contribution >= 0.6 is 0 Å². The number of benzene rings is 1. The second-order valence-electron chi connectivity index (χ2n) is 8.14. The highest BCUT2D eigenvalue weighted by Gasteiger charge is 2.34. The second kappa shape index (κ2) is 9.20. The first-order valence-electron chi connectivity index (χ1n) is 10.3. The molecule has 150 valence electrons. The summed E-state index contributed by atoms with van der Waals surface area (Å²) >= 11 is 0. The van der Waals surface area contributed by atoms with E-state index in [1.54, 1.807) is 0 Å². The summed E-state index contributed by atoms with van der Waals surface area (Å²) in [6.07, 6.45) is 6.28. The van der Waals surface area contributed by atoms with Gasteiger partial charge in [0.15, 0.2) is 0 Å². The van der Waals surface area contributed by atoms with Crippen LogP contribution in [0.15, 0.2) is 24.3 Å². The van der Waals surface area contributed by atoms with Crippen LogP contribution in [0.2, 0.25) is 0 Å². The average Bonchev–Trinajstić information content (AvgIpc) is 2.74. The number of carbonyl (C=O) groups is 2. The van der Waals surface area contributed by atoms with Gasteiger partial charge in [-0.3, -0.25) is 9.59 Å². The van der Waals surface area contributed by atoms with Gasteiger partial charge in [-0.25, -0.2) is 0 Å². The molecule has 1 aliphatic carbocycles. The van der Waals surface area contributed by atoms with Crippen LogP contribution in [-0.2, 0) is 10.2 Å². The summed E-state index contributed by atoms with van der Waals surface area (Å²) in [5.41, 5.74) is 1.17. The average molecular weight is 383 g/mol. The molecule has 0 spiro atoms. The third-order valence-electron chi connectivity index (χ3n) is 6.32. The summed E-state index contributed by atoms with van der Waals surface area (Å²) < 4.78 is 0. The van der Waals surface area contributed by atoms with Crippen molar-refractivity contribution >= 4 is 11.9 Å². The lowest BCUT2D eigenvalue weighted by molar-refractivity contribution is -0.137. The van der Waals surface area contributed by atoms with Crippen LogP contribution < -0.4 is 10.6 Å². The van der Waals surface area contributed by atoms with Crippen LogP contribution in [0.5, 0.6) is 0 Å². The SMILES string of the molecule is N#CC1(c2ccc(C(=O)NC3CCC(CCC(=O)O)CC3)cc2)CCNCC1. The van der Waals surface area contributed by atoms with Crippen LogP contribution in [0.3, 0.4) is 0 Å². The quantitative estimate of drug-likeness (QED) is 0.701. The summed E-state index contributed by atoms with van der Waals surface area (Å²) in [4.78, 5) is 23.3. The molecule has 1 amide bonds. The lowest BCUT2D eigenvalue weighted by atomic mass is 9.74. The van der Waals surface area contributed by atoms with Crippen LogP contribution in [0.1, 0.15) is 67.3 Å². The molecular formula is C22H29N3O3. The molecular weight excluding hydrogens is 354 g/mol. The van der Waals surface area contributed by atoms with Gasteiger partial charge in [-0.15, -0.1) is 0 Å². The zero-order chi connectivity index (χ0) is 20.0. The molecule has 1 aromatic rings. The number of hydrogen-bond donors (Lipinski definition) is 3. The third kappa shape index (κ3) is 4.90. The van der Waals surface area contributed by atoms with E-state index >= 15 is 0 Å². The summed E-state index contributed by atoms with van der Waals surface area (Å²) in [6, 6.07) is 10.1. The minimum Gasteiger partial charge on any atom is -0.481 e. The van der Waals surface area contributed by atoms with Gasteiger partial charge in [0, 0.05) is 18.0 Å². The van der Waals surface area contributed by atoms with Gasteiger partial charge in [0.1, 0.15) is 0 Å². The molecule has 28 heavy (non-hydrogen) atoms. The smallest absolute Gasteiger partial charge is 0.303 e. The van der Waals surface area contributed by atoms with Crippen LogP contribution in [0.25, 0.3) is 0 Å². The zero-order valence-electron chi connectivity index (χ0n) is 16.2. The van der Waals surface area contributed by atoms with Gasteiger partial charge in [-0.1, -0.05) is 12.1 Å². The Morgan fingerprint density at radius 2 is 1.79 bits per heavy atom. The van der Waals surface area contributed by atoms with Crippen molar-refractivity contribution in [3.63, 3.8) is 0 Å². The van der Waals surface area contributed by atoms with Crippen molar-refractivity contribution in [3.05, 3.63) is 35.4 Å². The summed E-state index contributed by atoms with van der Waals surface area (Å²) in [7, 11) is 0. The number of carbonyl (C=O) groups excluding carboxylic acids is 1. The number of rotatable bonds is 6. The summed E-state index contributed by atoms with van der Waals surface area (Å²) in [5, 5.41) is 24.9. The van der Waals surface area contributed by atoms with E-state index in [-0.39, 0.29) is 18.4 Å². The standard InChI is InChI=1S/C22H29N3O3/c23-15-22(11-13-24-14-12-22)18-6-4-17(5-7-18)21(28)25-19-8-1-16(2-9-19)3-10-20(26)27/h4-7,16,19,24H,1-3,8-14H2,(H,25,28)(H,26,27). The van der Waals surface area contributed by atoms with Gasteiger partial charge in [0.2, 0.25) is 0 Å². The van der Waals surface area contributed by atoms with Crippen molar-refractivity contribution in [2.45, 2.75) is 62.8 Å². The topological polar surface area (TPSA) is 102 Å². The van der Waals surface area contributed by atoms with Crippen LogP contribution in [-0.4, -0.2) is 36.1 Å². The maximum absolute atomic E-state index is 12.6. The van der Waals surface area contributed by atoms with Gasteiger partial charge < -0.3 is 15.7 Å². The highest BCUT2D eigenvalue weighted by molar-refractivity contribution is 5.94. The van der Waals surface area contributed by atoms with E-state index in [1.165, 1.54) is 0 Å². The first-order valence-corrected chi connectivity index (χ1v) is 10.3. The molecule has 1 heterocycles. The molecule has 6 nitrogen and oxygen atoms in total. The molecule has 1 aliphatic heterocycles. The van der Waals surface area contributed by atoms with E-state index in [4.69, 9.17) is 5.11 Å². The maximum Gasteiger partial charge on any atom is 0.303 e. The first-order chi connectivity index (χ1) is 13.5. The molecule has 0 radical (unpaired) electrons. The molecule has 0 atom stereocenters. The fourth-order valence-electron chi connectivity index (χ4n) is 4.45. The largest absolute Gasteiger partial charge is 0.481 e. The Morgan fingerprint density at radius 3 is 2.36 bits per heavy atom. The Balaban J connectivity index is 1.53. The van der Waals surface area contributed by atoms with Gasteiger partial charge in [0.25, 0.3) is 5.91 Å². The fraction of sp³-hybridized carbons (Fsp3) is 0.591. The minimum absolute atomic E-state index is 0.0724. The van der Waals surface area contributed by atoms with E-state index in [0.29, 0.717) is 11.5 Å². The fourth-order valence-corrected chi connectivity index (χ4v) is 4.45. The molecule has 3 N–H and O–H groups in total. The second-order valence-corrected chi connectivity index (χ2v) is 8.14. The molecule has 0 bridgehead atoms. The van der Waals surface area contributed by atoms with E-state index in [9.17, 15) is 14.9 Å². The monoisotopic (exact) mass is 383 g/mol. The number of piperidine rings is 1. The molecule has 1 saturated carbocycles. The molecule has 0 aromatic heterocycles. The maximum atomic E-state index is 12.6. The lowest BCUT2D eigenvalue weighted by Gasteiger charge is -2.31. The van der Waals surface area contributed by atoms with Crippen LogP contribution in [0.4, 0.5) is 0 Å². The van der Waals surface area contributed by atoms with Crippen molar-refractivity contribution in [3.8, 4) is 6.07 Å². The predicted molar refractivity (Wildman–Crippen MR) is 106 cm³/mol. The highest BCUT2D eigenvalue weighted by Crippen LogP contribution is 2.33. The highest BCUT2D eigenvalue weighted by atomic mass is 16.4. The van der Waals surface area contributed by atoms with Crippen molar-refractivity contribution in [1.82, 2.24) is 10.6 Å². The number of carboxylic acid groups (broad SMARTS) is 1. The molecule has 3 rings (SSSR count). The van der Waals surface area contributed by atoms with Gasteiger partial charge in [0.05, 0.1) is 11.5 Å². The molecule has 6 heteroatoms. The Bertz CT molecular complexity index is 724. The Labute approximate surface area is 166 Å². The van der Waals surface area contributed by atoms with E-state index in [1.807, 2.05) is 24.3 Å².